The van der Waals surface area contributed by atoms with Crippen LogP contribution in [0.3, 0.4) is 0 Å². The van der Waals surface area contributed by atoms with Gasteiger partial charge in [-0.25, -0.2) is 4.39 Å². The van der Waals surface area contributed by atoms with Crippen LogP contribution in [0.15, 0.2) is 36.5 Å². The predicted octanol–water partition coefficient (Wildman–Crippen LogP) is 2.12. The molecule has 2 rings (SSSR count). The van der Waals surface area contributed by atoms with Crippen LogP contribution in [0.1, 0.15) is 11.9 Å². The highest BCUT2D eigenvalue weighted by atomic mass is 19.1. The van der Waals surface area contributed by atoms with E-state index in [4.69, 9.17) is 0 Å². The van der Waals surface area contributed by atoms with E-state index in [1.165, 1.54) is 0 Å². The molecule has 1 unspecified atom stereocenters. The fourth-order valence-corrected chi connectivity index (χ4v) is 1.54. The van der Waals surface area contributed by atoms with E-state index in [-0.39, 0.29) is 13.1 Å². The zero-order valence-electron chi connectivity index (χ0n) is 7.97. The van der Waals surface area contributed by atoms with Crippen LogP contribution < -0.4 is 0 Å². The van der Waals surface area contributed by atoms with Crippen LogP contribution in [0.2, 0.25) is 0 Å². The van der Waals surface area contributed by atoms with E-state index in [1.807, 2.05) is 24.3 Å². The second kappa shape index (κ2) is 4.13. The van der Waals surface area contributed by atoms with E-state index in [2.05, 4.69) is 4.74 Å². The molecule has 0 N–H and O–H groups in total. The van der Waals surface area contributed by atoms with Gasteiger partial charge in [0.2, 0.25) is 0 Å². The van der Waals surface area contributed by atoms with Gasteiger partial charge in [-0.3, -0.25) is 4.79 Å². The highest BCUT2D eigenvalue weighted by Crippen LogP contribution is 2.20. The third-order valence-corrected chi connectivity index (χ3v) is 2.23. The van der Waals surface area contributed by atoms with Crippen molar-refractivity contribution in [3.8, 4) is 0 Å². The number of halogens is 1. The van der Waals surface area contributed by atoms with Crippen LogP contribution in [-0.2, 0) is 9.53 Å². The lowest BCUT2D eigenvalue weighted by Crippen LogP contribution is -2.04. The van der Waals surface area contributed by atoms with Crippen LogP contribution in [-0.4, -0.2) is 17.5 Å². The topological polar surface area (TPSA) is 30.7 Å². The quantitative estimate of drug-likeness (QED) is 0.719. The minimum atomic E-state index is -1.29. The van der Waals surface area contributed by atoms with Crippen LogP contribution >= 0.6 is 0 Å². The molecule has 2 aromatic rings. The number of rotatable bonds is 4. The van der Waals surface area contributed by atoms with Gasteiger partial charge in [0, 0.05) is 11.7 Å². The molecule has 0 bridgehead atoms. The van der Waals surface area contributed by atoms with Crippen LogP contribution in [0.4, 0.5) is 4.39 Å². The van der Waals surface area contributed by atoms with Gasteiger partial charge < -0.3 is 9.14 Å². The Labute approximate surface area is 86.1 Å². The Morgan fingerprint density at radius 3 is 3.07 bits per heavy atom. The molecule has 2 aromatic heterocycles. The Kier molecular flexibility index (Phi) is 2.67. The number of alkyl halides is 1. The number of carbonyl (C=O) groups excluding carboxylic acids is 1. The van der Waals surface area contributed by atoms with Gasteiger partial charge in [0.1, 0.15) is 6.61 Å². The Morgan fingerprint density at radius 2 is 2.27 bits per heavy atom. The molecule has 0 amide bonds. The molecule has 0 spiro atoms. The molecule has 1 atom stereocenters. The van der Waals surface area contributed by atoms with Crippen molar-refractivity contribution in [1.82, 2.24) is 4.40 Å². The molecule has 3 nitrogen and oxygen atoms in total. The molecule has 78 valence electrons. The summed E-state index contributed by atoms with van der Waals surface area (Å²) in [5.41, 5.74) is 1.41. The maximum Gasteiger partial charge on any atom is 0.293 e. The second-order valence-electron chi connectivity index (χ2n) is 3.15. The minimum absolute atomic E-state index is 0.246. The van der Waals surface area contributed by atoms with E-state index in [0.717, 1.165) is 5.52 Å². The van der Waals surface area contributed by atoms with Crippen LogP contribution in [0, 0.1) is 0 Å². The fourth-order valence-electron chi connectivity index (χ4n) is 1.54. The van der Waals surface area contributed by atoms with Gasteiger partial charge in [0.15, 0.2) is 6.17 Å². The van der Waals surface area contributed by atoms with Crippen molar-refractivity contribution in [2.45, 2.75) is 6.17 Å². The van der Waals surface area contributed by atoms with Gasteiger partial charge in [0.05, 0.1) is 5.69 Å². The number of nitrogens with zero attached hydrogens (tertiary/aromatic N) is 1. The molecular weight excluding hydrogens is 197 g/mol. The molecule has 0 aliphatic rings. The number of pyridine rings is 1. The monoisotopic (exact) mass is 207 g/mol. The first kappa shape index (κ1) is 9.71. The minimum Gasteiger partial charge on any atom is -0.464 e. The molecule has 0 fully saturated rings. The van der Waals surface area contributed by atoms with Crippen molar-refractivity contribution in [3.63, 3.8) is 0 Å². The summed E-state index contributed by atoms with van der Waals surface area (Å²) < 4.78 is 19.7. The lowest BCUT2D eigenvalue weighted by Gasteiger charge is -2.07. The zero-order valence-corrected chi connectivity index (χ0v) is 7.97. The van der Waals surface area contributed by atoms with Crippen molar-refractivity contribution >= 4 is 12.0 Å². The Morgan fingerprint density at radius 1 is 1.40 bits per heavy atom. The van der Waals surface area contributed by atoms with Crippen molar-refractivity contribution in [1.29, 1.82) is 0 Å². The van der Waals surface area contributed by atoms with E-state index >= 15 is 0 Å². The Hall–Kier alpha value is -1.84. The average molecular weight is 207 g/mol. The molecule has 4 heteroatoms. The van der Waals surface area contributed by atoms with Crippen molar-refractivity contribution in [2.75, 3.05) is 6.61 Å². The number of carbonyl (C=O) groups is 1. The Bertz CT molecular complexity index is 466. The molecule has 0 saturated carbocycles. The second-order valence-corrected chi connectivity index (χ2v) is 3.15. The summed E-state index contributed by atoms with van der Waals surface area (Å²) in [5, 5.41) is 0. The van der Waals surface area contributed by atoms with Crippen LogP contribution in [0.5, 0.6) is 0 Å². The maximum atomic E-state index is 13.6. The van der Waals surface area contributed by atoms with Gasteiger partial charge in [-0.05, 0) is 24.3 Å². The third kappa shape index (κ3) is 1.83. The summed E-state index contributed by atoms with van der Waals surface area (Å²) in [6, 6.07) is 9.10. The zero-order chi connectivity index (χ0) is 10.7. The SMILES string of the molecule is O=COCC(F)c1ccc2ccccn12. The number of hydrogen-bond acceptors (Lipinski definition) is 2. The standard InChI is InChI=1S/C11H10FNO2/c12-10(7-15-8-14)11-5-4-9-3-1-2-6-13(9)11/h1-6,8,10H,7H2. The van der Waals surface area contributed by atoms with Gasteiger partial charge in [-0.2, -0.15) is 0 Å². The highest BCUT2D eigenvalue weighted by Gasteiger charge is 2.13. The number of hydrogen-bond donors (Lipinski definition) is 0. The molecule has 0 aliphatic carbocycles. The van der Waals surface area contributed by atoms with Crippen molar-refractivity contribution in [3.05, 3.63) is 42.2 Å². The summed E-state index contributed by atoms with van der Waals surface area (Å²) in [5.74, 6) is 0. The number of aromatic nitrogens is 1. The van der Waals surface area contributed by atoms with Crippen molar-refractivity contribution in [2.24, 2.45) is 0 Å². The maximum absolute atomic E-state index is 13.6. The fraction of sp³-hybridized carbons (Fsp3) is 0.182. The lowest BCUT2D eigenvalue weighted by molar-refractivity contribution is -0.130. The third-order valence-electron chi connectivity index (χ3n) is 2.23. The van der Waals surface area contributed by atoms with Gasteiger partial charge >= 0.3 is 0 Å². The highest BCUT2D eigenvalue weighted by molar-refractivity contribution is 5.49. The summed E-state index contributed by atoms with van der Waals surface area (Å²) in [4.78, 5) is 9.95. The molecule has 0 aromatic carbocycles. The van der Waals surface area contributed by atoms with E-state index in [0.29, 0.717) is 5.69 Å². The van der Waals surface area contributed by atoms with Crippen molar-refractivity contribution < 1.29 is 13.9 Å². The van der Waals surface area contributed by atoms with E-state index in [1.54, 1.807) is 16.7 Å². The van der Waals surface area contributed by atoms with Crippen LogP contribution in [0.25, 0.3) is 5.52 Å². The van der Waals surface area contributed by atoms with Gasteiger partial charge in [0.25, 0.3) is 6.47 Å². The van der Waals surface area contributed by atoms with Gasteiger partial charge in [-0.1, -0.05) is 6.07 Å². The molecule has 15 heavy (non-hydrogen) atoms. The summed E-state index contributed by atoms with van der Waals surface area (Å²) in [6.45, 7) is 0.00683. The first-order valence-corrected chi connectivity index (χ1v) is 4.58. The summed E-state index contributed by atoms with van der Waals surface area (Å²) >= 11 is 0. The Balaban J connectivity index is 2.30. The predicted molar refractivity (Wildman–Crippen MR) is 53.3 cm³/mol. The summed E-state index contributed by atoms with van der Waals surface area (Å²) in [6.07, 6.45) is 0.484. The average Bonchev–Trinajstić information content (AvgIpc) is 2.69. The van der Waals surface area contributed by atoms with E-state index in [9.17, 15) is 9.18 Å². The molecule has 0 aliphatic heterocycles. The molecule has 2 heterocycles. The van der Waals surface area contributed by atoms with Gasteiger partial charge in [-0.15, -0.1) is 0 Å². The summed E-state index contributed by atoms with van der Waals surface area (Å²) in [7, 11) is 0. The molecule has 0 saturated heterocycles. The number of fused-ring (bicyclic) bond motifs is 1. The smallest absolute Gasteiger partial charge is 0.293 e. The first-order valence-electron chi connectivity index (χ1n) is 4.58. The lowest BCUT2D eigenvalue weighted by atomic mass is 10.3. The first-order chi connectivity index (χ1) is 7.33. The normalized spacial score (nSPS) is 12.6. The largest absolute Gasteiger partial charge is 0.464 e. The molecule has 0 radical (unpaired) electrons. The van der Waals surface area contributed by atoms with E-state index < -0.39 is 6.17 Å². The molecular formula is C11H10FNO2. The number of ether oxygens (including phenoxy) is 1.